The Kier molecular flexibility index (Phi) is 3.71. The summed E-state index contributed by atoms with van der Waals surface area (Å²) in [5.41, 5.74) is 0. The standard InChI is InChI=1S/C8H16BrN/c1-2-3-5-10-6-4-8(9)7-10/h8H,2-7H2,1H3. The molecule has 0 radical (unpaired) electrons. The van der Waals surface area contributed by atoms with E-state index in [1.54, 1.807) is 0 Å². The number of halogens is 1. The van der Waals surface area contributed by atoms with Gasteiger partial charge in [0.25, 0.3) is 0 Å². The summed E-state index contributed by atoms with van der Waals surface area (Å²) in [7, 11) is 0. The second-order valence-corrected chi connectivity index (χ2v) is 4.34. The van der Waals surface area contributed by atoms with Crippen molar-refractivity contribution in [2.75, 3.05) is 19.6 Å². The van der Waals surface area contributed by atoms with Crippen molar-refractivity contribution >= 4 is 15.9 Å². The van der Waals surface area contributed by atoms with Gasteiger partial charge in [-0.1, -0.05) is 29.3 Å². The van der Waals surface area contributed by atoms with Gasteiger partial charge in [0.1, 0.15) is 0 Å². The molecule has 0 spiro atoms. The Labute approximate surface area is 71.9 Å². The van der Waals surface area contributed by atoms with Crippen LogP contribution in [-0.4, -0.2) is 29.4 Å². The summed E-state index contributed by atoms with van der Waals surface area (Å²) in [4.78, 5) is 3.31. The van der Waals surface area contributed by atoms with E-state index in [4.69, 9.17) is 0 Å². The van der Waals surface area contributed by atoms with Gasteiger partial charge in [-0.2, -0.15) is 0 Å². The number of hydrogen-bond acceptors (Lipinski definition) is 1. The lowest BCUT2D eigenvalue weighted by molar-refractivity contribution is 0.333. The van der Waals surface area contributed by atoms with Gasteiger partial charge in [0.15, 0.2) is 0 Å². The van der Waals surface area contributed by atoms with Gasteiger partial charge in [-0.15, -0.1) is 0 Å². The first-order valence-electron chi connectivity index (χ1n) is 4.19. The highest BCUT2D eigenvalue weighted by Gasteiger charge is 2.18. The zero-order valence-electron chi connectivity index (χ0n) is 6.65. The fraction of sp³-hybridized carbons (Fsp3) is 1.00. The maximum absolute atomic E-state index is 3.63. The number of rotatable bonds is 3. The van der Waals surface area contributed by atoms with Gasteiger partial charge in [-0.3, -0.25) is 0 Å². The summed E-state index contributed by atoms with van der Waals surface area (Å²) in [5, 5.41) is 0. The highest BCUT2D eigenvalue weighted by molar-refractivity contribution is 9.09. The summed E-state index contributed by atoms with van der Waals surface area (Å²) in [6.45, 7) is 6.12. The van der Waals surface area contributed by atoms with Crippen molar-refractivity contribution in [1.29, 1.82) is 0 Å². The molecule has 1 aliphatic heterocycles. The average Bonchev–Trinajstić information content (AvgIpc) is 2.31. The lowest BCUT2D eigenvalue weighted by atomic mass is 10.3. The van der Waals surface area contributed by atoms with Crippen LogP contribution < -0.4 is 0 Å². The van der Waals surface area contributed by atoms with Crippen LogP contribution in [0.5, 0.6) is 0 Å². The van der Waals surface area contributed by atoms with E-state index in [1.807, 2.05) is 0 Å². The van der Waals surface area contributed by atoms with Crippen molar-refractivity contribution in [3.05, 3.63) is 0 Å². The zero-order valence-corrected chi connectivity index (χ0v) is 8.23. The Morgan fingerprint density at radius 1 is 1.60 bits per heavy atom. The van der Waals surface area contributed by atoms with E-state index in [0.717, 1.165) is 4.83 Å². The summed E-state index contributed by atoms with van der Waals surface area (Å²) in [6.07, 6.45) is 4.02. The molecular weight excluding hydrogens is 190 g/mol. The average molecular weight is 206 g/mol. The number of alkyl halides is 1. The molecule has 0 saturated carbocycles. The quantitative estimate of drug-likeness (QED) is 0.640. The molecule has 0 aromatic carbocycles. The van der Waals surface area contributed by atoms with E-state index in [0.29, 0.717) is 0 Å². The minimum Gasteiger partial charge on any atom is -0.302 e. The Morgan fingerprint density at radius 3 is 2.90 bits per heavy atom. The molecule has 1 unspecified atom stereocenters. The number of unbranched alkanes of at least 4 members (excludes halogenated alkanes) is 1. The Hall–Kier alpha value is 0.440. The molecule has 60 valence electrons. The summed E-state index contributed by atoms with van der Waals surface area (Å²) in [6, 6.07) is 0. The first-order valence-corrected chi connectivity index (χ1v) is 5.11. The van der Waals surface area contributed by atoms with Gasteiger partial charge in [0, 0.05) is 11.4 Å². The van der Waals surface area contributed by atoms with E-state index in [2.05, 4.69) is 27.8 Å². The number of nitrogens with zero attached hydrogens (tertiary/aromatic N) is 1. The fourth-order valence-electron chi connectivity index (χ4n) is 1.37. The van der Waals surface area contributed by atoms with Crippen LogP contribution in [0.2, 0.25) is 0 Å². The first-order chi connectivity index (χ1) is 4.83. The summed E-state index contributed by atoms with van der Waals surface area (Å²) >= 11 is 3.63. The molecule has 1 aliphatic rings. The minimum atomic E-state index is 0.768. The Bertz CT molecular complexity index is 95.3. The summed E-state index contributed by atoms with van der Waals surface area (Å²) in [5.74, 6) is 0. The normalized spacial score (nSPS) is 27.6. The first kappa shape index (κ1) is 8.54. The van der Waals surface area contributed by atoms with E-state index >= 15 is 0 Å². The molecule has 10 heavy (non-hydrogen) atoms. The number of hydrogen-bond donors (Lipinski definition) is 0. The Morgan fingerprint density at radius 2 is 2.40 bits per heavy atom. The van der Waals surface area contributed by atoms with Gasteiger partial charge < -0.3 is 4.90 Å². The molecule has 0 aromatic rings. The molecule has 1 nitrogen and oxygen atoms in total. The third-order valence-corrected chi connectivity index (χ3v) is 2.79. The lowest BCUT2D eigenvalue weighted by Gasteiger charge is -2.13. The van der Waals surface area contributed by atoms with Crippen molar-refractivity contribution in [1.82, 2.24) is 4.90 Å². The van der Waals surface area contributed by atoms with Crippen molar-refractivity contribution in [3.63, 3.8) is 0 Å². The minimum absolute atomic E-state index is 0.768. The maximum Gasteiger partial charge on any atom is 0.0285 e. The van der Waals surface area contributed by atoms with Crippen molar-refractivity contribution < 1.29 is 0 Å². The van der Waals surface area contributed by atoms with E-state index in [9.17, 15) is 0 Å². The molecule has 0 N–H and O–H groups in total. The SMILES string of the molecule is CCCCN1CCC(Br)C1. The van der Waals surface area contributed by atoms with E-state index < -0.39 is 0 Å². The zero-order chi connectivity index (χ0) is 7.40. The van der Waals surface area contributed by atoms with Crippen LogP contribution in [0.3, 0.4) is 0 Å². The highest BCUT2D eigenvalue weighted by atomic mass is 79.9. The molecule has 0 bridgehead atoms. The molecule has 0 amide bonds. The van der Waals surface area contributed by atoms with E-state index in [1.165, 1.54) is 38.9 Å². The molecule has 1 fully saturated rings. The molecule has 0 aliphatic carbocycles. The van der Waals surface area contributed by atoms with Crippen LogP contribution in [0, 0.1) is 0 Å². The summed E-state index contributed by atoms with van der Waals surface area (Å²) < 4.78 is 0. The smallest absolute Gasteiger partial charge is 0.0285 e. The topological polar surface area (TPSA) is 3.24 Å². The maximum atomic E-state index is 3.63. The van der Waals surface area contributed by atoms with Gasteiger partial charge in [0.05, 0.1) is 0 Å². The molecule has 1 atom stereocenters. The van der Waals surface area contributed by atoms with Crippen LogP contribution in [-0.2, 0) is 0 Å². The third kappa shape index (κ3) is 2.59. The second-order valence-electron chi connectivity index (χ2n) is 3.04. The fourth-order valence-corrected chi connectivity index (χ4v) is 1.98. The van der Waals surface area contributed by atoms with Crippen LogP contribution in [0.15, 0.2) is 0 Å². The second kappa shape index (κ2) is 4.35. The highest BCUT2D eigenvalue weighted by Crippen LogP contribution is 2.16. The van der Waals surface area contributed by atoms with Gasteiger partial charge in [0.2, 0.25) is 0 Å². The van der Waals surface area contributed by atoms with Crippen molar-refractivity contribution in [2.45, 2.75) is 31.0 Å². The number of likely N-dealkylation sites (tertiary alicyclic amines) is 1. The van der Waals surface area contributed by atoms with Crippen LogP contribution in [0.1, 0.15) is 26.2 Å². The monoisotopic (exact) mass is 205 g/mol. The van der Waals surface area contributed by atoms with Crippen molar-refractivity contribution in [2.24, 2.45) is 0 Å². The molecule has 2 heteroatoms. The lowest BCUT2D eigenvalue weighted by Crippen LogP contribution is -2.21. The largest absolute Gasteiger partial charge is 0.302 e. The van der Waals surface area contributed by atoms with Gasteiger partial charge in [-0.05, 0) is 25.9 Å². The van der Waals surface area contributed by atoms with Crippen molar-refractivity contribution in [3.8, 4) is 0 Å². The molecule has 1 heterocycles. The molecule has 0 aromatic heterocycles. The third-order valence-electron chi connectivity index (χ3n) is 2.04. The van der Waals surface area contributed by atoms with Crippen LogP contribution in [0.25, 0.3) is 0 Å². The predicted molar refractivity (Wildman–Crippen MR) is 48.7 cm³/mol. The van der Waals surface area contributed by atoms with Crippen LogP contribution in [0.4, 0.5) is 0 Å². The van der Waals surface area contributed by atoms with Gasteiger partial charge in [-0.25, -0.2) is 0 Å². The van der Waals surface area contributed by atoms with E-state index in [-0.39, 0.29) is 0 Å². The molecular formula is C8H16BrN. The predicted octanol–water partition coefficient (Wildman–Crippen LogP) is 2.26. The Balaban J connectivity index is 2.06. The van der Waals surface area contributed by atoms with Crippen LogP contribution >= 0.6 is 15.9 Å². The van der Waals surface area contributed by atoms with Gasteiger partial charge >= 0.3 is 0 Å². The molecule has 1 saturated heterocycles. The molecule has 1 rings (SSSR count).